The molecule has 5 heteroatoms. The number of fused-ring (bicyclic) bond motifs is 1. The van der Waals surface area contributed by atoms with Gasteiger partial charge in [0.1, 0.15) is 11.5 Å². The van der Waals surface area contributed by atoms with Crippen molar-refractivity contribution in [3.63, 3.8) is 0 Å². The number of rotatable bonds is 4. The molecule has 132 valence electrons. The predicted octanol–water partition coefficient (Wildman–Crippen LogP) is 3.38. The molecular weight excluding hydrogens is 331 g/mol. The second-order valence-corrected chi connectivity index (χ2v) is 6.52. The highest BCUT2D eigenvalue weighted by Gasteiger charge is 2.42. The monoisotopic (exact) mass is 350 g/mol. The van der Waals surface area contributed by atoms with E-state index in [1.807, 2.05) is 36.1 Å². The van der Waals surface area contributed by atoms with Crippen molar-refractivity contribution < 1.29 is 14.0 Å². The third-order valence-corrected chi connectivity index (χ3v) is 4.88. The molecule has 0 N–H and O–H groups in total. The van der Waals surface area contributed by atoms with Crippen molar-refractivity contribution in [3.05, 3.63) is 71.2 Å². The van der Waals surface area contributed by atoms with E-state index in [2.05, 4.69) is 0 Å². The molecule has 4 nitrogen and oxygen atoms in total. The summed E-state index contributed by atoms with van der Waals surface area (Å²) < 4.78 is 13.4. The average molecular weight is 350 g/mol. The fraction of sp³-hybridized carbons (Fsp3) is 0.238. The van der Waals surface area contributed by atoms with Gasteiger partial charge in [0.2, 0.25) is 0 Å². The molecule has 0 aliphatic carbocycles. The number of amides is 2. The molecule has 2 aromatic carbocycles. The highest BCUT2D eigenvalue weighted by molar-refractivity contribution is 6.36. The Morgan fingerprint density at radius 2 is 1.73 bits per heavy atom. The second kappa shape index (κ2) is 6.41. The van der Waals surface area contributed by atoms with E-state index in [0.29, 0.717) is 36.3 Å². The van der Waals surface area contributed by atoms with Crippen molar-refractivity contribution in [1.29, 1.82) is 0 Å². The third kappa shape index (κ3) is 2.51. The van der Waals surface area contributed by atoms with Crippen molar-refractivity contribution in [2.45, 2.75) is 19.8 Å². The number of anilines is 1. The maximum Gasteiger partial charge on any atom is 0.278 e. The van der Waals surface area contributed by atoms with Gasteiger partial charge >= 0.3 is 0 Å². The number of para-hydroxylation sites is 1. The van der Waals surface area contributed by atoms with E-state index in [9.17, 15) is 14.0 Å². The largest absolute Gasteiger partial charge is 0.336 e. The summed E-state index contributed by atoms with van der Waals surface area (Å²) >= 11 is 0. The first-order chi connectivity index (χ1) is 12.6. The Kier molecular flexibility index (Phi) is 4.07. The maximum atomic E-state index is 13.4. The Labute approximate surface area is 151 Å². The van der Waals surface area contributed by atoms with Gasteiger partial charge in [-0.15, -0.1) is 0 Å². The van der Waals surface area contributed by atoms with Crippen LogP contribution in [0.15, 0.2) is 54.2 Å². The fourth-order valence-corrected chi connectivity index (χ4v) is 3.69. The van der Waals surface area contributed by atoms with Crippen molar-refractivity contribution in [3.8, 4) is 0 Å². The Morgan fingerprint density at radius 3 is 2.46 bits per heavy atom. The molecule has 2 aromatic rings. The highest BCUT2D eigenvalue weighted by atomic mass is 19.1. The van der Waals surface area contributed by atoms with Crippen molar-refractivity contribution in [2.24, 2.45) is 0 Å². The normalized spacial score (nSPS) is 16.7. The van der Waals surface area contributed by atoms with Gasteiger partial charge in [0.15, 0.2) is 0 Å². The Morgan fingerprint density at radius 1 is 1.00 bits per heavy atom. The molecule has 2 aliphatic rings. The minimum Gasteiger partial charge on any atom is -0.336 e. The van der Waals surface area contributed by atoms with E-state index in [0.717, 1.165) is 17.7 Å². The minimum atomic E-state index is -0.371. The molecule has 0 atom stereocenters. The van der Waals surface area contributed by atoms with Crippen LogP contribution in [0, 0.1) is 5.82 Å². The minimum absolute atomic E-state index is 0.270. The number of hydrogen-bond donors (Lipinski definition) is 0. The zero-order valence-corrected chi connectivity index (χ0v) is 14.5. The lowest BCUT2D eigenvalue weighted by molar-refractivity contribution is -0.136. The molecule has 0 bridgehead atoms. The topological polar surface area (TPSA) is 40.6 Å². The summed E-state index contributed by atoms with van der Waals surface area (Å²) in [5.41, 5.74) is 3.46. The second-order valence-electron chi connectivity index (χ2n) is 6.52. The van der Waals surface area contributed by atoms with Crippen LogP contribution in [-0.2, 0) is 16.0 Å². The average Bonchev–Trinajstić information content (AvgIpc) is 3.17. The summed E-state index contributed by atoms with van der Waals surface area (Å²) in [6.45, 7) is 2.96. The standard InChI is InChI=1S/C21H19FN2O2/c1-2-12-24-20(25)18(15-7-9-16(22)10-8-15)19(21(24)26)23-13-11-14-5-3-4-6-17(14)23/h3-10H,2,11-13H2,1H3. The lowest BCUT2D eigenvalue weighted by Crippen LogP contribution is -2.35. The van der Waals surface area contributed by atoms with Crippen molar-refractivity contribution in [2.75, 3.05) is 18.0 Å². The van der Waals surface area contributed by atoms with Crippen LogP contribution >= 0.6 is 0 Å². The number of carbonyl (C=O) groups excluding carboxylic acids is 2. The van der Waals surface area contributed by atoms with Gasteiger partial charge < -0.3 is 4.90 Å². The fourth-order valence-electron chi connectivity index (χ4n) is 3.69. The molecule has 0 fully saturated rings. The van der Waals surface area contributed by atoms with E-state index in [1.165, 1.54) is 17.0 Å². The van der Waals surface area contributed by atoms with Gasteiger partial charge in [-0.1, -0.05) is 37.3 Å². The van der Waals surface area contributed by atoms with E-state index < -0.39 is 0 Å². The van der Waals surface area contributed by atoms with Crippen LogP contribution < -0.4 is 4.90 Å². The number of carbonyl (C=O) groups is 2. The number of hydrogen-bond acceptors (Lipinski definition) is 3. The Hall–Kier alpha value is -2.95. The quantitative estimate of drug-likeness (QED) is 0.794. The molecule has 0 radical (unpaired) electrons. The van der Waals surface area contributed by atoms with Crippen LogP contribution in [0.25, 0.3) is 5.57 Å². The van der Waals surface area contributed by atoms with Crippen LogP contribution in [0.2, 0.25) is 0 Å². The summed E-state index contributed by atoms with van der Waals surface area (Å²) in [6, 6.07) is 13.7. The number of nitrogens with zero attached hydrogens (tertiary/aromatic N) is 2. The van der Waals surface area contributed by atoms with Gasteiger partial charge in [0.25, 0.3) is 11.8 Å². The van der Waals surface area contributed by atoms with Crippen LogP contribution in [0.4, 0.5) is 10.1 Å². The molecule has 2 amide bonds. The molecule has 2 heterocycles. The van der Waals surface area contributed by atoms with Gasteiger partial charge in [0.05, 0.1) is 5.57 Å². The maximum absolute atomic E-state index is 13.4. The zero-order chi connectivity index (χ0) is 18.3. The lowest BCUT2D eigenvalue weighted by Gasteiger charge is -2.21. The number of imide groups is 1. The van der Waals surface area contributed by atoms with E-state index >= 15 is 0 Å². The summed E-state index contributed by atoms with van der Waals surface area (Å²) in [6.07, 6.45) is 1.52. The van der Waals surface area contributed by atoms with Crippen molar-refractivity contribution >= 4 is 23.1 Å². The van der Waals surface area contributed by atoms with Crippen molar-refractivity contribution in [1.82, 2.24) is 4.90 Å². The Balaban J connectivity index is 1.87. The molecular formula is C21H19FN2O2. The first-order valence-electron chi connectivity index (χ1n) is 8.83. The first-order valence-corrected chi connectivity index (χ1v) is 8.83. The van der Waals surface area contributed by atoms with E-state index in [1.54, 1.807) is 12.1 Å². The number of benzene rings is 2. The summed E-state index contributed by atoms with van der Waals surface area (Å²) in [5.74, 6) is -0.944. The first kappa shape index (κ1) is 16.5. The molecule has 0 spiro atoms. The molecule has 26 heavy (non-hydrogen) atoms. The van der Waals surface area contributed by atoms with E-state index in [-0.39, 0.29) is 17.6 Å². The van der Waals surface area contributed by atoms with Gasteiger partial charge in [-0.05, 0) is 42.2 Å². The highest BCUT2D eigenvalue weighted by Crippen LogP contribution is 2.38. The zero-order valence-electron chi connectivity index (χ0n) is 14.5. The van der Waals surface area contributed by atoms with Crippen LogP contribution in [0.3, 0.4) is 0 Å². The van der Waals surface area contributed by atoms with Gasteiger partial charge in [-0.3, -0.25) is 14.5 Å². The summed E-state index contributed by atoms with van der Waals surface area (Å²) in [5, 5.41) is 0. The molecule has 0 saturated carbocycles. The molecule has 0 aromatic heterocycles. The molecule has 2 aliphatic heterocycles. The number of halogens is 1. The molecule has 0 saturated heterocycles. The molecule has 0 unspecified atom stereocenters. The van der Waals surface area contributed by atoms with Crippen LogP contribution in [-0.4, -0.2) is 29.8 Å². The van der Waals surface area contributed by atoms with Gasteiger partial charge in [-0.2, -0.15) is 0 Å². The van der Waals surface area contributed by atoms with Gasteiger partial charge in [-0.25, -0.2) is 4.39 Å². The summed E-state index contributed by atoms with van der Waals surface area (Å²) in [4.78, 5) is 29.3. The predicted molar refractivity (Wildman–Crippen MR) is 97.8 cm³/mol. The van der Waals surface area contributed by atoms with E-state index in [4.69, 9.17) is 0 Å². The molecule has 4 rings (SSSR count). The Bertz CT molecular complexity index is 918. The third-order valence-electron chi connectivity index (χ3n) is 4.88. The summed E-state index contributed by atoms with van der Waals surface area (Å²) in [7, 11) is 0. The van der Waals surface area contributed by atoms with Crippen LogP contribution in [0.5, 0.6) is 0 Å². The SMILES string of the molecule is CCCN1C(=O)C(c2ccc(F)cc2)=C(N2CCc3ccccc32)C1=O. The van der Waals surface area contributed by atoms with Gasteiger partial charge in [0, 0.05) is 18.8 Å². The lowest BCUT2D eigenvalue weighted by atomic mass is 10.0. The smallest absolute Gasteiger partial charge is 0.278 e. The van der Waals surface area contributed by atoms with Crippen LogP contribution in [0.1, 0.15) is 24.5 Å².